The van der Waals surface area contributed by atoms with Crippen LogP contribution in [0.3, 0.4) is 0 Å². The number of nitrogens with zero attached hydrogens (tertiary/aromatic N) is 2. The maximum atomic E-state index is 13.2. The lowest BCUT2D eigenvalue weighted by Gasteiger charge is -2.25. The average molecular weight is 440 g/mol. The highest BCUT2D eigenvalue weighted by molar-refractivity contribution is 6.07. The molecule has 0 fully saturated rings. The summed E-state index contributed by atoms with van der Waals surface area (Å²) in [5.41, 5.74) is 3.14. The number of carbonyl (C=O) groups is 1. The summed E-state index contributed by atoms with van der Waals surface area (Å²) < 4.78 is 40.5. The summed E-state index contributed by atoms with van der Waals surface area (Å²) in [6.45, 7) is 4.18. The molecule has 0 aliphatic rings. The van der Waals surface area contributed by atoms with Crippen LogP contribution in [0.4, 0.5) is 24.7 Å². The molecule has 0 aliphatic heterocycles. The van der Waals surface area contributed by atoms with Gasteiger partial charge in [0.1, 0.15) is 5.82 Å². The van der Waals surface area contributed by atoms with Crippen molar-refractivity contribution < 1.29 is 18.0 Å². The molecule has 0 atom stereocenters. The van der Waals surface area contributed by atoms with E-state index in [1.54, 1.807) is 0 Å². The van der Waals surface area contributed by atoms with Gasteiger partial charge in [0.25, 0.3) is 11.5 Å². The molecule has 0 aliphatic carbocycles. The first-order valence-corrected chi connectivity index (χ1v) is 10.2. The van der Waals surface area contributed by atoms with Crippen molar-refractivity contribution in [3.63, 3.8) is 0 Å². The molecule has 1 amide bonds. The van der Waals surface area contributed by atoms with Crippen molar-refractivity contribution in [2.45, 2.75) is 58.7 Å². The second-order valence-electron chi connectivity index (χ2n) is 7.24. The van der Waals surface area contributed by atoms with Gasteiger partial charge in [-0.2, -0.15) is 13.2 Å². The summed E-state index contributed by atoms with van der Waals surface area (Å²) in [7, 11) is 0. The van der Waals surface area contributed by atoms with Crippen LogP contribution >= 0.6 is 0 Å². The second-order valence-corrected chi connectivity index (χ2v) is 7.24. The van der Waals surface area contributed by atoms with Crippen LogP contribution in [0, 0.1) is 0 Å². The molecule has 1 aromatic heterocycles. The van der Waals surface area contributed by atoms with Crippen molar-refractivity contribution in [2.24, 2.45) is 0 Å². The van der Waals surface area contributed by atoms with Crippen molar-refractivity contribution in [2.75, 3.05) is 17.2 Å². The van der Waals surface area contributed by atoms with Gasteiger partial charge in [-0.15, -0.1) is 0 Å². The highest BCUT2D eigenvalue weighted by Gasteiger charge is 2.32. The third-order valence-corrected chi connectivity index (χ3v) is 4.89. The number of hydrogen-bond donors (Lipinski definition) is 2. The number of H-pyrrole nitrogens is 1. The molecule has 2 aromatic rings. The number of carbonyl (C=O) groups excluding carboxylic acids is 1. The van der Waals surface area contributed by atoms with E-state index < -0.39 is 28.9 Å². The number of nitrogens with two attached hydrogens (primary N) is 1. The number of nitrogens with one attached hydrogen (secondary N) is 1. The van der Waals surface area contributed by atoms with E-state index in [9.17, 15) is 27.6 Å². The third kappa shape index (κ3) is 5.77. The van der Waals surface area contributed by atoms with Crippen LogP contribution in [-0.2, 0) is 12.7 Å². The molecule has 31 heavy (non-hydrogen) atoms. The van der Waals surface area contributed by atoms with Crippen molar-refractivity contribution in [3.05, 3.63) is 56.2 Å². The first-order chi connectivity index (χ1) is 14.6. The van der Waals surface area contributed by atoms with E-state index in [-0.39, 0.29) is 30.2 Å². The van der Waals surface area contributed by atoms with Gasteiger partial charge in [-0.25, -0.2) is 4.79 Å². The summed E-state index contributed by atoms with van der Waals surface area (Å²) >= 11 is 0. The smallest absolute Gasteiger partial charge is 0.383 e. The molecule has 1 heterocycles. The van der Waals surface area contributed by atoms with E-state index >= 15 is 0 Å². The van der Waals surface area contributed by atoms with Crippen LogP contribution in [0.25, 0.3) is 0 Å². The summed E-state index contributed by atoms with van der Waals surface area (Å²) in [6, 6.07) is 3.99. The zero-order chi connectivity index (χ0) is 23.2. The predicted molar refractivity (Wildman–Crippen MR) is 113 cm³/mol. The lowest BCUT2D eigenvalue weighted by atomic mass is 10.1. The normalized spacial score (nSPS) is 11.5. The lowest BCUT2D eigenvalue weighted by Crippen LogP contribution is -2.41. The Kier molecular flexibility index (Phi) is 8.07. The van der Waals surface area contributed by atoms with E-state index in [0.29, 0.717) is 12.8 Å². The second kappa shape index (κ2) is 10.3. The molecular weight excluding hydrogens is 413 g/mol. The maximum Gasteiger partial charge on any atom is 0.416 e. The number of benzene rings is 1. The number of unbranched alkanes of at least 4 members (excludes halogenated alkanes) is 3. The van der Waals surface area contributed by atoms with Crippen LogP contribution in [-0.4, -0.2) is 22.0 Å². The Morgan fingerprint density at radius 3 is 2.42 bits per heavy atom. The predicted octanol–water partition coefficient (Wildman–Crippen LogP) is 3.77. The third-order valence-electron chi connectivity index (χ3n) is 4.89. The van der Waals surface area contributed by atoms with Gasteiger partial charge in [-0.3, -0.25) is 19.1 Å². The van der Waals surface area contributed by atoms with Gasteiger partial charge >= 0.3 is 11.9 Å². The van der Waals surface area contributed by atoms with Gasteiger partial charge in [0.2, 0.25) is 0 Å². The standard InChI is InChI=1S/C21H27F3N4O3/c1-3-5-7-12-27(19(30)14-9-8-10-15(13-14)21(22,23)24)16-17(25)28(11-6-4-2)20(31)26-18(16)29/h8-10,13H,3-7,11-12,25H2,1-2H3,(H,26,29,31). The highest BCUT2D eigenvalue weighted by atomic mass is 19.4. The van der Waals surface area contributed by atoms with Gasteiger partial charge in [0.15, 0.2) is 5.69 Å². The number of rotatable bonds is 9. The van der Waals surface area contributed by atoms with Crippen molar-refractivity contribution in [1.29, 1.82) is 0 Å². The maximum absolute atomic E-state index is 13.2. The molecule has 2 rings (SSSR count). The van der Waals surface area contributed by atoms with Gasteiger partial charge in [0.05, 0.1) is 5.56 Å². The van der Waals surface area contributed by atoms with Crippen LogP contribution in [0.2, 0.25) is 0 Å². The van der Waals surface area contributed by atoms with Gasteiger partial charge in [-0.1, -0.05) is 39.2 Å². The van der Waals surface area contributed by atoms with Gasteiger partial charge in [0, 0.05) is 18.7 Å². The highest BCUT2D eigenvalue weighted by Crippen LogP contribution is 2.30. The fourth-order valence-electron chi connectivity index (χ4n) is 3.20. The number of halogens is 3. The number of alkyl halides is 3. The number of aromatic nitrogens is 2. The molecule has 0 radical (unpaired) electrons. The molecule has 0 saturated heterocycles. The molecule has 0 unspecified atom stereocenters. The summed E-state index contributed by atoms with van der Waals surface area (Å²) in [4.78, 5) is 41.2. The van der Waals surface area contributed by atoms with Gasteiger partial charge in [-0.05, 0) is 31.0 Å². The number of anilines is 2. The van der Waals surface area contributed by atoms with Crippen LogP contribution in [0.15, 0.2) is 33.9 Å². The quantitative estimate of drug-likeness (QED) is 0.580. The van der Waals surface area contributed by atoms with Crippen LogP contribution < -0.4 is 21.9 Å². The van der Waals surface area contributed by atoms with Crippen molar-refractivity contribution in [1.82, 2.24) is 9.55 Å². The van der Waals surface area contributed by atoms with Gasteiger partial charge < -0.3 is 10.6 Å². The molecule has 0 saturated carbocycles. The molecule has 10 heteroatoms. The first-order valence-electron chi connectivity index (χ1n) is 10.2. The molecule has 170 valence electrons. The summed E-state index contributed by atoms with van der Waals surface area (Å²) in [6.07, 6.45) is -1.16. The molecule has 0 bridgehead atoms. The Labute approximate surface area is 177 Å². The van der Waals surface area contributed by atoms with E-state index in [4.69, 9.17) is 5.73 Å². The Morgan fingerprint density at radius 2 is 1.81 bits per heavy atom. The van der Waals surface area contributed by atoms with Crippen LogP contribution in [0.1, 0.15) is 61.9 Å². The SMILES string of the molecule is CCCCCN(C(=O)c1cccc(C(F)(F)F)c1)c1c(N)n(CCCC)c(=O)[nH]c1=O. The van der Waals surface area contributed by atoms with Crippen molar-refractivity contribution in [3.8, 4) is 0 Å². The number of hydrogen-bond acceptors (Lipinski definition) is 4. The Bertz CT molecular complexity index is 1030. The Balaban J connectivity index is 2.59. The Morgan fingerprint density at radius 1 is 1.13 bits per heavy atom. The lowest BCUT2D eigenvalue weighted by molar-refractivity contribution is -0.137. The molecule has 0 spiro atoms. The van der Waals surface area contributed by atoms with E-state index in [1.165, 1.54) is 10.6 Å². The monoisotopic (exact) mass is 440 g/mol. The van der Waals surface area contributed by atoms with Crippen LogP contribution in [0.5, 0.6) is 0 Å². The summed E-state index contributed by atoms with van der Waals surface area (Å²) in [5, 5.41) is 0. The van der Waals surface area contributed by atoms with Crippen molar-refractivity contribution >= 4 is 17.4 Å². The fraction of sp³-hybridized carbons (Fsp3) is 0.476. The summed E-state index contributed by atoms with van der Waals surface area (Å²) in [5.74, 6) is -0.973. The molecule has 1 aromatic carbocycles. The zero-order valence-electron chi connectivity index (χ0n) is 17.6. The van der Waals surface area contributed by atoms with E-state index in [1.807, 2.05) is 13.8 Å². The minimum Gasteiger partial charge on any atom is -0.383 e. The minimum absolute atomic E-state index is 0.0716. The molecular formula is C21H27F3N4O3. The fourth-order valence-corrected chi connectivity index (χ4v) is 3.20. The zero-order valence-corrected chi connectivity index (χ0v) is 17.6. The number of amides is 1. The Hall–Kier alpha value is -3.04. The van der Waals surface area contributed by atoms with E-state index in [2.05, 4.69) is 4.98 Å². The topological polar surface area (TPSA) is 101 Å². The number of nitrogen functional groups attached to an aromatic ring is 1. The first kappa shape index (κ1) is 24.2. The minimum atomic E-state index is -4.62. The molecule has 3 N–H and O–H groups in total. The molecule has 7 nitrogen and oxygen atoms in total. The average Bonchev–Trinajstić information content (AvgIpc) is 2.71. The largest absolute Gasteiger partial charge is 0.416 e. The van der Waals surface area contributed by atoms with E-state index in [0.717, 1.165) is 42.4 Å². The number of aromatic amines is 1.